The highest BCUT2D eigenvalue weighted by atomic mass is 35.5. The van der Waals surface area contributed by atoms with E-state index in [1.54, 1.807) is 42.5 Å². The van der Waals surface area contributed by atoms with E-state index in [1.807, 2.05) is 0 Å². The number of carbonyl (C=O) groups excluding carboxylic acids is 2. The van der Waals surface area contributed by atoms with Crippen LogP contribution in [0.5, 0.6) is 0 Å². The van der Waals surface area contributed by atoms with Crippen LogP contribution in [0.4, 0.5) is 17.1 Å². The molecule has 0 aliphatic rings. The molecular formula is C20H13Cl2N3O4. The molecule has 0 aliphatic heterocycles. The molecule has 29 heavy (non-hydrogen) atoms. The lowest BCUT2D eigenvalue weighted by molar-refractivity contribution is -0.384. The number of carbonyl (C=O) groups is 2. The van der Waals surface area contributed by atoms with Gasteiger partial charge in [-0.2, -0.15) is 0 Å². The zero-order chi connectivity index (χ0) is 21.0. The Bertz CT molecular complexity index is 1120. The van der Waals surface area contributed by atoms with Crippen molar-refractivity contribution in [3.8, 4) is 0 Å². The van der Waals surface area contributed by atoms with Crippen molar-refractivity contribution in [3.63, 3.8) is 0 Å². The SMILES string of the molecule is O=C(Nc1cccc(NC(=O)c2cc([N+](=O)[O-])ccc2Cl)c1)c1cccc(Cl)c1. The number of amides is 2. The summed E-state index contributed by atoms with van der Waals surface area (Å²) in [5.41, 5.74) is 0.922. The minimum Gasteiger partial charge on any atom is -0.322 e. The average Bonchev–Trinajstić information content (AvgIpc) is 2.68. The molecule has 0 bridgehead atoms. The molecule has 0 unspecified atom stereocenters. The summed E-state index contributed by atoms with van der Waals surface area (Å²) in [5.74, 6) is -0.977. The van der Waals surface area contributed by atoms with Crippen LogP contribution in [0.1, 0.15) is 20.7 Å². The number of non-ortho nitro benzene ring substituents is 1. The van der Waals surface area contributed by atoms with Crippen LogP contribution in [-0.2, 0) is 0 Å². The van der Waals surface area contributed by atoms with Crippen molar-refractivity contribution >= 4 is 52.1 Å². The van der Waals surface area contributed by atoms with Crippen LogP contribution < -0.4 is 10.6 Å². The second kappa shape index (κ2) is 8.72. The molecule has 3 aromatic rings. The van der Waals surface area contributed by atoms with Gasteiger partial charge < -0.3 is 10.6 Å². The minimum atomic E-state index is -0.614. The second-order valence-corrected chi connectivity index (χ2v) is 6.76. The van der Waals surface area contributed by atoms with Crippen molar-refractivity contribution in [1.82, 2.24) is 0 Å². The lowest BCUT2D eigenvalue weighted by Gasteiger charge is -2.10. The predicted octanol–water partition coefficient (Wildman–Crippen LogP) is 5.41. The molecule has 0 aliphatic carbocycles. The van der Waals surface area contributed by atoms with E-state index in [0.717, 1.165) is 6.07 Å². The van der Waals surface area contributed by atoms with Gasteiger partial charge >= 0.3 is 0 Å². The fraction of sp³-hybridized carbons (Fsp3) is 0. The van der Waals surface area contributed by atoms with Crippen LogP contribution in [0.2, 0.25) is 10.0 Å². The fourth-order valence-corrected chi connectivity index (χ4v) is 2.90. The van der Waals surface area contributed by atoms with Gasteiger partial charge in [0.1, 0.15) is 0 Å². The van der Waals surface area contributed by atoms with E-state index in [1.165, 1.54) is 18.2 Å². The first-order valence-electron chi connectivity index (χ1n) is 8.26. The van der Waals surface area contributed by atoms with Crippen LogP contribution in [0.15, 0.2) is 66.7 Å². The van der Waals surface area contributed by atoms with Crippen LogP contribution in [0.25, 0.3) is 0 Å². The zero-order valence-electron chi connectivity index (χ0n) is 14.7. The Hall–Kier alpha value is -3.42. The van der Waals surface area contributed by atoms with E-state index < -0.39 is 10.8 Å². The molecule has 0 aromatic heterocycles. The number of benzene rings is 3. The summed E-state index contributed by atoms with van der Waals surface area (Å²) in [5, 5.41) is 16.8. The predicted molar refractivity (Wildman–Crippen MR) is 112 cm³/mol. The maximum absolute atomic E-state index is 12.5. The fourth-order valence-electron chi connectivity index (χ4n) is 2.51. The maximum atomic E-state index is 12.5. The van der Waals surface area contributed by atoms with Gasteiger partial charge in [0.25, 0.3) is 17.5 Å². The van der Waals surface area contributed by atoms with Crippen molar-refractivity contribution in [1.29, 1.82) is 0 Å². The molecule has 146 valence electrons. The first-order chi connectivity index (χ1) is 13.8. The second-order valence-electron chi connectivity index (χ2n) is 5.92. The van der Waals surface area contributed by atoms with Gasteiger partial charge in [-0.05, 0) is 42.5 Å². The van der Waals surface area contributed by atoms with Gasteiger partial charge in [-0.15, -0.1) is 0 Å². The molecule has 7 nitrogen and oxygen atoms in total. The molecular weight excluding hydrogens is 417 g/mol. The summed E-state index contributed by atoms with van der Waals surface area (Å²) in [6, 6.07) is 16.5. The molecule has 0 fully saturated rings. The summed E-state index contributed by atoms with van der Waals surface area (Å²) < 4.78 is 0. The standard InChI is InChI=1S/C20H13Cl2N3O4/c21-13-4-1-3-12(9-13)19(26)23-14-5-2-6-15(10-14)24-20(27)17-11-16(25(28)29)7-8-18(17)22/h1-11H,(H,23,26)(H,24,27). The highest BCUT2D eigenvalue weighted by molar-refractivity contribution is 6.34. The minimum absolute atomic E-state index is 0.0331. The third kappa shape index (κ3) is 5.10. The summed E-state index contributed by atoms with van der Waals surface area (Å²) in [4.78, 5) is 35.1. The van der Waals surface area contributed by atoms with Crippen LogP contribution in [0, 0.1) is 10.1 Å². The summed E-state index contributed by atoms with van der Waals surface area (Å²) in [6.07, 6.45) is 0. The van der Waals surface area contributed by atoms with Gasteiger partial charge in [-0.3, -0.25) is 19.7 Å². The Morgan fingerprint density at radius 3 is 2.14 bits per heavy atom. The van der Waals surface area contributed by atoms with E-state index in [9.17, 15) is 19.7 Å². The number of hydrogen-bond acceptors (Lipinski definition) is 4. The van der Waals surface area contributed by atoms with Gasteiger partial charge in [-0.25, -0.2) is 0 Å². The molecule has 0 heterocycles. The van der Waals surface area contributed by atoms with E-state index in [0.29, 0.717) is 22.0 Å². The number of hydrogen-bond donors (Lipinski definition) is 2. The van der Waals surface area contributed by atoms with Gasteiger partial charge in [0, 0.05) is 34.1 Å². The molecule has 0 radical (unpaired) electrons. The van der Waals surface area contributed by atoms with Gasteiger partial charge in [0.2, 0.25) is 0 Å². The Morgan fingerprint density at radius 2 is 1.48 bits per heavy atom. The van der Waals surface area contributed by atoms with Crippen molar-refractivity contribution in [2.45, 2.75) is 0 Å². The molecule has 0 saturated carbocycles. The van der Waals surface area contributed by atoms with E-state index >= 15 is 0 Å². The van der Waals surface area contributed by atoms with E-state index in [-0.39, 0.29) is 22.2 Å². The molecule has 2 N–H and O–H groups in total. The Labute approximate surface area is 175 Å². The summed E-state index contributed by atoms with van der Waals surface area (Å²) in [6.45, 7) is 0. The van der Waals surface area contributed by atoms with Crippen molar-refractivity contribution in [2.24, 2.45) is 0 Å². The van der Waals surface area contributed by atoms with Gasteiger partial charge in [-0.1, -0.05) is 35.3 Å². The molecule has 9 heteroatoms. The van der Waals surface area contributed by atoms with Crippen LogP contribution in [0.3, 0.4) is 0 Å². The lowest BCUT2D eigenvalue weighted by Crippen LogP contribution is -2.14. The number of anilines is 2. The number of nitro benzene ring substituents is 1. The van der Waals surface area contributed by atoms with Crippen molar-refractivity contribution < 1.29 is 14.5 Å². The average molecular weight is 430 g/mol. The quantitative estimate of drug-likeness (QED) is 0.418. The number of rotatable bonds is 5. The lowest BCUT2D eigenvalue weighted by atomic mass is 10.1. The van der Waals surface area contributed by atoms with Gasteiger partial charge in [0.15, 0.2) is 0 Å². The first-order valence-corrected chi connectivity index (χ1v) is 9.01. The van der Waals surface area contributed by atoms with Gasteiger partial charge in [0.05, 0.1) is 15.5 Å². The van der Waals surface area contributed by atoms with Crippen LogP contribution in [-0.4, -0.2) is 16.7 Å². The Balaban J connectivity index is 1.76. The number of halogens is 2. The van der Waals surface area contributed by atoms with Crippen LogP contribution >= 0.6 is 23.2 Å². The molecule has 0 saturated heterocycles. The smallest absolute Gasteiger partial charge is 0.270 e. The number of nitrogens with one attached hydrogen (secondary N) is 2. The summed E-state index contributed by atoms with van der Waals surface area (Å²) in [7, 11) is 0. The molecule has 3 aromatic carbocycles. The zero-order valence-corrected chi connectivity index (χ0v) is 16.2. The third-order valence-electron chi connectivity index (χ3n) is 3.87. The topological polar surface area (TPSA) is 101 Å². The largest absolute Gasteiger partial charge is 0.322 e. The molecule has 0 spiro atoms. The van der Waals surface area contributed by atoms with E-state index in [2.05, 4.69) is 10.6 Å². The highest BCUT2D eigenvalue weighted by Crippen LogP contribution is 2.24. The number of nitro groups is 1. The normalized spacial score (nSPS) is 10.3. The third-order valence-corrected chi connectivity index (χ3v) is 4.44. The Kier molecular flexibility index (Phi) is 6.11. The molecule has 0 atom stereocenters. The van der Waals surface area contributed by atoms with E-state index in [4.69, 9.17) is 23.2 Å². The number of nitrogens with zero attached hydrogens (tertiary/aromatic N) is 1. The monoisotopic (exact) mass is 429 g/mol. The first kappa shape index (κ1) is 20.3. The van der Waals surface area contributed by atoms with Crippen molar-refractivity contribution in [3.05, 3.63) is 98.0 Å². The highest BCUT2D eigenvalue weighted by Gasteiger charge is 2.16. The summed E-state index contributed by atoms with van der Waals surface area (Å²) >= 11 is 11.9. The van der Waals surface area contributed by atoms with Crippen molar-refractivity contribution in [2.75, 3.05) is 10.6 Å². The Morgan fingerprint density at radius 1 is 0.828 bits per heavy atom. The molecule has 2 amide bonds. The maximum Gasteiger partial charge on any atom is 0.270 e. The molecule has 3 rings (SSSR count).